The average Bonchev–Trinajstić information content (AvgIpc) is 3.20. The Morgan fingerprint density at radius 2 is 1.76 bits per heavy atom. The van der Waals surface area contributed by atoms with Crippen molar-refractivity contribution in [1.82, 2.24) is 24.7 Å². The van der Waals surface area contributed by atoms with Crippen LogP contribution in [0.25, 0.3) is 11.2 Å². The van der Waals surface area contributed by atoms with Crippen molar-refractivity contribution < 1.29 is 26.7 Å². The Kier molecular flexibility index (Phi) is 5.74. The summed E-state index contributed by atoms with van der Waals surface area (Å²) < 4.78 is 71.4. The first-order valence-corrected chi connectivity index (χ1v) is 10.9. The van der Waals surface area contributed by atoms with Crippen LogP contribution in [-0.4, -0.2) is 69.5 Å². The first-order chi connectivity index (χ1) is 16.2. The number of hydrogen-bond acceptors (Lipinski definition) is 7. The summed E-state index contributed by atoms with van der Waals surface area (Å²) in [6, 6.07) is 2.43. The lowest BCUT2D eigenvalue weighted by Crippen LogP contribution is -2.57. The third-order valence-electron chi connectivity index (χ3n) is 6.29. The molecule has 2 aliphatic rings. The van der Waals surface area contributed by atoms with Gasteiger partial charge in [-0.2, -0.15) is 18.3 Å². The van der Waals surface area contributed by atoms with E-state index < -0.39 is 30.3 Å². The lowest BCUT2D eigenvalue weighted by Gasteiger charge is -2.47. The molecule has 0 aromatic carbocycles. The summed E-state index contributed by atoms with van der Waals surface area (Å²) in [5.74, 6) is 1.07. The number of fused-ring (bicyclic) bond motifs is 1. The van der Waals surface area contributed by atoms with Gasteiger partial charge in [0.1, 0.15) is 23.7 Å². The number of nitrogens with zero attached hydrogens (tertiary/aromatic N) is 7. The van der Waals surface area contributed by atoms with Gasteiger partial charge in [0.2, 0.25) is 0 Å². The quantitative estimate of drug-likeness (QED) is 0.527. The van der Waals surface area contributed by atoms with Gasteiger partial charge in [0.25, 0.3) is 6.43 Å². The number of aromatic nitrogens is 5. The molecule has 2 aliphatic heterocycles. The Balaban J connectivity index is 1.28. The van der Waals surface area contributed by atoms with Gasteiger partial charge in [-0.3, -0.25) is 0 Å². The SMILES string of the molecule is FC(F)Cn1ncc2ncc(N3CCOC4(CCN(c5ccc(C(F)(F)F)cn5)CC4)C3)nc21. The van der Waals surface area contributed by atoms with E-state index in [1.165, 1.54) is 12.3 Å². The van der Waals surface area contributed by atoms with E-state index in [9.17, 15) is 22.0 Å². The third-order valence-corrected chi connectivity index (χ3v) is 6.29. The van der Waals surface area contributed by atoms with E-state index in [1.54, 1.807) is 6.20 Å². The van der Waals surface area contributed by atoms with E-state index in [4.69, 9.17) is 4.74 Å². The molecule has 0 amide bonds. The first-order valence-electron chi connectivity index (χ1n) is 10.9. The fourth-order valence-electron chi connectivity index (χ4n) is 4.48. The molecule has 0 N–H and O–H groups in total. The van der Waals surface area contributed by atoms with E-state index in [0.717, 1.165) is 16.9 Å². The fourth-order valence-corrected chi connectivity index (χ4v) is 4.48. The molecular weight excluding hydrogens is 461 g/mol. The molecule has 34 heavy (non-hydrogen) atoms. The number of pyridine rings is 1. The van der Waals surface area contributed by atoms with Gasteiger partial charge in [0.05, 0.1) is 30.2 Å². The van der Waals surface area contributed by atoms with Gasteiger partial charge in [-0.1, -0.05) is 0 Å². The van der Waals surface area contributed by atoms with Gasteiger partial charge in [-0.15, -0.1) is 0 Å². The topological polar surface area (TPSA) is 72.2 Å². The fraction of sp³-hybridized carbons (Fsp3) is 0.524. The highest BCUT2D eigenvalue weighted by Crippen LogP contribution is 2.34. The molecule has 0 saturated carbocycles. The first kappa shape index (κ1) is 22.7. The maximum atomic E-state index is 12.9. The van der Waals surface area contributed by atoms with E-state index in [1.807, 2.05) is 9.80 Å². The standard InChI is InChI=1S/C21H22F5N7O/c22-16(23)12-33-19-15(10-29-33)27-11-18(30-19)32-7-8-34-20(13-32)3-5-31(6-4-20)17-2-1-14(9-28-17)21(24,25)26/h1-2,9-11,16H,3-8,12-13H2. The van der Waals surface area contributed by atoms with Crippen molar-refractivity contribution >= 4 is 22.8 Å². The van der Waals surface area contributed by atoms with Gasteiger partial charge in [0.15, 0.2) is 5.65 Å². The van der Waals surface area contributed by atoms with Crippen LogP contribution in [0.4, 0.5) is 33.6 Å². The minimum Gasteiger partial charge on any atom is -0.371 e. The molecular formula is C21H22F5N7O. The lowest BCUT2D eigenvalue weighted by molar-refractivity contribution is -0.137. The zero-order valence-corrected chi connectivity index (χ0v) is 18.0. The second-order valence-corrected chi connectivity index (χ2v) is 8.50. The zero-order valence-electron chi connectivity index (χ0n) is 18.0. The molecule has 2 saturated heterocycles. The molecule has 0 unspecified atom stereocenters. The summed E-state index contributed by atoms with van der Waals surface area (Å²) in [5, 5.41) is 3.96. The molecule has 1 spiro atoms. The normalized spacial score (nSPS) is 18.9. The van der Waals surface area contributed by atoms with Crippen molar-refractivity contribution in [3.8, 4) is 0 Å². The molecule has 0 atom stereocenters. The Morgan fingerprint density at radius 1 is 0.971 bits per heavy atom. The Morgan fingerprint density at radius 3 is 2.44 bits per heavy atom. The van der Waals surface area contributed by atoms with E-state index >= 15 is 0 Å². The minimum atomic E-state index is -4.42. The molecule has 13 heteroatoms. The molecule has 0 radical (unpaired) electrons. The number of anilines is 2. The molecule has 0 bridgehead atoms. The number of alkyl halides is 5. The monoisotopic (exact) mass is 483 g/mol. The molecule has 5 heterocycles. The average molecular weight is 483 g/mol. The Bertz CT molecular complexity index is 1140. The second-order valence-electron chi connectivity index (χ2n) is 8.50. The van der Waals surface area contributed by atoms with Crippen LogP contribution < -0.4 is 9.80 Å². The van der Waals surface area contributed by atoms with E-state index in [0.29, 0.717) is 68.4 Å². The number of halogens is 5. The number of morpholine rings is 1. The number of hydrogen-bond donors (Lipinski definition) is 0. The van der Waals surface area contributed by atoms with Gasteiger partial charge in [-0.25, -0.2) is 28.4 Å². The van der Waals surface area contributed by atoms with Crippen molar-refractivity contribution in [3.05, 3.63) is 36.3 Å². The van der Waals surface area contributed by atoms with Crippen LogP contribution in [0.3, 0.4) is 0 Å². The van der Waals surface area contributed by atoms with Gasteiger partial charge in [-0.05, 0) is 25.0 Å². The van der Waals surface area contributed by atoms with Crippen molar-refractivity contribution in [2.75, 3.05) is 42.6 Å². The Labute approximate surface area is 191 Å². The van der Waals surface area contributed by atoms with Crippen LogP contribution in [0.1, 0.15) is 18.4 Å². The van der Waals surface area contributed by atoms with Gasteiger partial charge >= 0.3 is 6.18 Å². The van der Waals surface area contributed by atoms with Crippen LogP contribution in [0, 0.1) is 0 Å². The third kappa shape index (κ3) is 4.48. The van der Waals surface area contributed by atoms with Crippen LogP contribution in [0.5, 0.6) is 0 Å². The minimum absolute atomic E-state index is 0.307. The predicted octanol–water partition coefficient (Wildman–Crippen LogP) is 3.38. The van der Waals surface area contributed by atoms with Gasteiger partial charge in [0, 0.05) is 32.4 Å². The van der Waals surface area contributed by atoms with Crippen molar-refractivity contribution in [2.45, 2.75) is 37.6 Å². The smallest absolute Gasteiger partial charge is 0.371 e. The number of ether oxygens (including phenoxy) is 1. The number of piperidine rings is 1. The highest BCUT2D eigenvalue weighted by atomic mass is 19.4. The number of rotatable bonds is 4. The molecule has 0 aliphatic carbocycles. The summed E-state index contributed by atoms with van der Waals surface area (Å²) in [4.78, 5) is 16.8. The lowest BCUT2D eigenvalue weighted by atomic mass is 9.89. The van der Waals surface area contributed by atoms with Crippen molar-refractivity contribution in [3.63, 3.8) is 0 Å². The second kappa shape index (κ2) is 8.60. The molecule has 2 fully saturated rings. The van der Waals surface area contributed by atoms with Crippen molar-refractivity contribution in [2.24, 2.45) is 0 Å². The summed E-state index contributed by atoms with van der Waals surface area (Å²) in [7, 11) is 0. The highest BCUT2D eigenvalue weighted by Gasteiger charge is 2.40. The maximum absolute atomic E-state index is 12.9. The van der Waals surface area contributed by atoms with Gasteiger partial charge < -0.3 is 14.5 Å². The zero-order chi connectivity index (χ0) is 23.9. The molecule has 3 aromatic rings. The summed E-state index contributed by atoms with van der Waals surface area (Å²) in [6.07, 6.45) is -1.77. The molecule has 5 rings (SSSR count). The molecule has 8 nitrogen and oxygen atoms in total. The van der Waals surface area contributed by atoms with Crippen LogP contribution in [0.2, 0.25) is 0 Å². The summed E-state index contributed by atoms with van der Waals surface area (Å²) >= 11 is 0. The van der Waals surface area contributed by atoms with E-state index in [2.05, 4.69) is 20.1 Å². The predicted molar refractivity (Wildman–Crippen MR) is 113 cm³/mol. The van der Waals surface area contributed by atoms with Crippen molar-refractivity contribution in [1.29, 1.82) is 0 Å². The summed E-state index contributed by atoms with van der Waals surface area (Å²) in [5.41, 5.74) is -0.462. The van der Waals surface area contributed by atoms with Crippen LogP contribution in [-0.2, 0) is 17.5 Å². The Hall–Kier alpha value is -3.09. The largest absolute Gasteiger partial charge is 0.417 e. The van der Waals surface area contributed by atoms with Crippen LogP contribution >= 0.6 is 0 Å². The van der Waals surface area contributed by atoms with Crippen LogP contribution in [0.15, 0.2) is 30.7 Å². The highest BCUT2D eigenvalue weighted by molar-refractivity contribution is 5.71. The van der Waals surface area contributed by atoms with E-state index in [-0.39, 0.29) is 0 Å². The summed E-state index contributed by atoms with van der Waals surface area (Å²) in [6.45, 7) is 2.20. The molecule has 3 aromatic heterocycles. The maximum Gasteiger partial charge on any atom is 0.417 e. The molecule has 182 valence electrons.